The molecule has 5 unspecified atom stereocenters. The molecule has 79 heavy (non-hydrogen) atoms. The maximum atomic E-state index is 12.9. The molecule has 0 aromatic heterocycles. The van der Waals surface area contributed by atoms with Crippen LogP contribution < -0.4 is 15.4 Å². The number of amides is 6. The first kappa shape index (κ1) is 66.3. The van der Waals surface area contributed by atoms with Crippen molar-refractivity contribution in [1.82, 2.24) is 20.2 Å². The number of halogens is 1. The second-order valence-electron chi connectivity index (χ2n) is 21.0. The van der Waals surface area contributed by atoms with Gasteiger partial charge in [0, 0.05) is 58.7 Å². The summed E-state index contributed by atoms with van der Waals surface area (Å²) in [7, 11) is 6.33. The van der Waals surface area contributed by atoms with Crippen LogP contribution in [0.3, 0.4) is 0 Å². The average molecular weight is 1170 g/mol. The second kappa shape index (κ2) is 30.0. The van der Waals surface area contributed by atoms with E-state index in [0.717, 1.165) is 34.6 Å². The summed E-state index contributed by atoms with van der Waals surface area (Å²) in [5, 5.41) is 26.3. The van der Waals surface area contributed by atoms with Crippen molar-refractivity contribution in [3.63, 3.8) is 0 Å². The lowest BCUT2D eigenvalue weighted by atomic mass is 9.82. The SMILES string of the molecule is C=O.CC(C)SC1CC(=O)N(OC(=O)C2CCC(CN3C(=O)CC(SCCC(=O)N(C)[C@@H](C)C(=O)O)C3=O)CC2)C1=O.CCCC1(C)OC1[C@H](C)C1C[C@](O)([C@@H](/C=C/C=C(\C)Cc2cc(NC)c(Cl)c(OC)c2)OC)NC(=O)O1. The number of benzene rings is 1. The van der Waals surface area contributed by atoms with Gasteiger partial charge in [0.25, 0.3) is 11.8 Å². The number of carbonyl (C=O) groups excluding carboxylic acids is 8. The highest BCUT2D eigenvalue weighted by atomic mass is 35.5. The summed E-state index contributed by atoms with van der Waals surface area (Å²) in [6, 6.07) is 2.95. The summed E-state index contributed by atoms with van der Waals surface area (Å²) in [4.78, 5) is 114. The minimum absolute atomic E-state index is 0.00960. The van der Waals surface area contributed by atoms with Gasteiger partial charge in [0.1, 0.15) is 35.8 Å². The molecule has 1 saturated carbocycles. The van der Waals surface area contributed by atoms with Crippen molar-refractivity contribution in [1.29, 1.82) is 0 Å². The number of alkyl carbamates (subject to hydrolysis) is 1. The molecule has 0 radical (unpaired) electrons. The Bertz CT molecular complexity index is 2400. The predicted molar refractivity (Wildman–Crippen MR) is 299 cm³/mol. The van der Waals surface area contributed by atoms with Gasteiger partial charge in [-0.3, -0.25) is 34.2 Å². The smallest absolute Gasteiger partial charge is 0.409 e. The van der Waals surface area contributed by atoms with Gasteiger partial charge in [0.2, 0.25) is 17.7 Å². The maximum absolute atomic E-state index is 12.9. The summed E-state index contributed by atoms with van der Waals surface area (Å²) in [6.07, 6.45) is 8.62. The van der Waals surface area contributed by atoms with E-state index in [1.165, 1.54) is 49.5 Å². The van der Waals surface area contributed by atoms with Crippen molar-refractivity contribution in [2.45, 2.75) is 171 Å². The molecule has 1 aromatic rings. The molecule has 5 fully saturated rings. The molecule has 21 nitrogen and oxygen atoms in total. The Morgan fingerprint density at radius 3 is 2.28 bits per heavy atom. The van der Waals surface area contributed by atoms with Gasteiger partial charge in [-0.25, -0.2) is 14.4 Å². The molecule has 4 saturated heterocycles. The van der Waals surface area contributed by atoms with Gasteiger partial charge < -0.3 is 49.0 Å². The van der Waals surface area contributed by atoms with Crippen LogP contribution >= 0.6 is 35.1 Å². The van der Waals surface area contributed by atoms with E-state index in [0.29, 0.717) is 53.7 Å². The van der Waals surface area contributed by atoms with Gasteiger partial charge in [0.05, 0.1) is 47.3 Å². The number of hydroxylamine groups is 2. The van der Waals surface area contributed by atoms with E-state index >= 15 is 0 Å². The van der Waals surface area contributed by atoms with Crippen LogP contribution in [0.5, 0.6) is 5.75 Å². The van der Waals surface area contributed by atoms with Crippen LogP contribution in [0.1, 0.15) is 118 Å². The van der Waals surface area contributed by atoms with Gasteiger partial charge in [0.15, 0.2) is 5.72 Å². The van der Waals surface area contributed by atoms with E-state index in [9.17, 15) is 43.5 Å². The van der Waals surface area contributed by atoms with E-state index in [4.69, 9.17) is 45.3 Å². The molecule has 24 heteroatoms. The number of carboxylic acid groups (broad SMARTS) is 1. The third-order valence-corrected chi connectivity index (χ3v) is 17.6. The van der Waals surface area contributed by atoms with Gasteiger partial charge in [-0.1, -0.05) is 69.5 Å². The van der Waals surface area contributed by atoms with Crippen molar-refractivity contribution < 1.29 is 77.1 Å². The Morgan fingerprint density at radius 2 is 1.68 bits per heavy atom. The Hall–Kier alpha value is -5.20. The standard InChI is InChI=1S/C28H41ClN2O6.C26H37N3O9S2.CH2O/c1-8-12-27(4)25(37-27)18(3)22-16-28(33,31-26(32)36-22)23(35-7)11-9-10-17(2)13-19-14-20(30-5)24(29)21(15-19)34-6;1-14(2)40-19-12-22(32)29(24(19)34)38-26(37)17-7-5-16(6-8-17)13-28-21(31)11-18(23(28)33)39-10-9-20(30)27(4)15(3)25(35)36;1-2/h9-11,14-15,18,22-23,25,30,33H,8,12-13,16H2,1-7H3,(H,31,32);14-19H,5-13H2,1-4H3,(H,35,36);1H2/b11-9+,17-10+;;/t18-,22?,23-,25?,27?,28+;15-,16?,17?,18?,19?;/m10./s1. The van der Waals surface area contributed by atoms with Crippen molar-refractivity contribution in [3.05, 3.63) is 46.5 Å². The number of allylic oxidation sites excluding steroid dienone is 3. The lowest BCUT2D eigenvalue weighted by Gasteiger charge is -2.42. The molecule has 4 heterocycles. The third-order valence-electron chi connectivity index (χ3n) is 14.8. The van der Waals surface area contributed by atoms with Crippen LogP contribution in [0.2, 0.25) is 5.02 Å². The monoisotopic (exact) mass is 1170 g/mol. The number of nitrogens with one attached hydrogen (secondary N) is 2. The number of aliphatic hydroxyl groups is 1. The molecular formula is C55H80ClN5O16S2. The Balaban J connectivity index is 0.000000331. The number of rotatable bonds is 24. The number of aliphatic carboxylic acids is 1. The number of thioether (sulfide) groups is 2. The average Bonchev–Trinajstić information content (AvgIpc) is 3.97. The highest BCUT2D eigenvalue weighted by molar-refractivity contribution is 8.01. The predicted octanol–water partition coefficient (Wildman–Crippen LogP) is 6.75. The van der Waals surface area contributed by atoms with E-state index in [1.54, 1.807) is 13.2 Å². The molecule has 5 aliphatic rings. The molecule has 4 aliphatic heterocycles. The number of cyclic esters (lactones) is 1. The van der Waals surface area contributed by atoms with E-state index in [1.807, 2.05) is 65.8 Å². The third kappa shape index (κ3) is 17.6. The number of carboxylic acids is 1. The minimum Gasteiger partial charge on any atom is -0.495 e. The van der Waals surface area contributed by atoms with Crippen LogP contribution in [0.15, 0.2) is 35.9 Å². The molecule has 4 N–H and O–H groups in total. The second-order valence-corrected chi connectivity index (χ2v) is 24.5. The zero-order valence-corrected chi connectivity index (χ0v) is 49.6. The van der Waals surface area contributed by atoms with Gasteiger partial charge in [-0.2, -0.15) is 0 Å². The molecule has 0 spiro atoms. The molecular weight excluding hydrogens is 1090 g/mol. The van der Waals surface area contributed by atoms with Crippen molar-refractivity contribution >= 4 is 95.2 Å². The zero-order valence-electron chi connectivity index (χ0n) is 47.2. The fourth-order valence-corrected chi connectivity index (χ4v) is 12.7. The summed E-state index contributed by atoms with van der Waals surface area (Å²) >= 11 is 8.92. The number of ether oxygens (including phenoxy) is 4. The summed E-state index contributed by atoms with van der Waals surface area (Å²) in [6.45, 7) is 15.7. The van der Waals surface area contributed by atoms with Crippen LogP contribution in [0.4, 0.5) is 10.5 Å². The summed E-state index contributed by atoms with van der Waals surface area (Å²) in [5.41, 5.74) is 1.11. The van der Waals surface area contributed by atoms with Crippen LogP contribution in [0.25, 0.3) is 0 Å². The Labute approximate surface area is 476 Å². The molecule has 9 atom stereocenters. The van der Waals surface area contributed by atoms with Crippen LogP contribution in [-0.2, 0) is 63.8 Å². The maximum Gasteiger partial charge on any atom is 0.409 e. The Morgan fingerprint density at radius 1 is 1.03 bits per heavy atom. The lowest BCUT2D eigenvalue weighted by molar-refractivity contribution is -0.201. The number of carbonyl (C=O) groups is 9. The molecule has 440 valence electrons. The molecule has 6 rings (SSSR count). The minimum atomic E-state index is -1.61. The number of likely N-dealkylation sites (tertiary alicyclic amines) is 1. The van der Waals surface area contributed by atoms with Crippen LogP contribution in [-0.4, -0.2) is 171 Å². The number of nitrogens with zero attached hydrogens (tertiary/aromatic N) is 3. The van der Waals surface area contributed by atoms with E-state index in [-0.39, 0.29) is 78.7 Å². The molecule has 1 aliphatic carbocycles. The topological polar surface area (TPSA) is 277 Å². The highest BCUT2D eigenvalue weighted by Crippen LogP contribution is 2.47. The number of likely N-dealkylation sites (N-methyl/N-ethyl adjacent to an activating group) is 1. The largest absolute Gasteiger partial charge is 0.495 e. The fraction of sp³-hybridized carbons (Fsp3) is 0.655. The first-order valence-electron chi connectivity index (χ1n) is 26.6. The quantitative estimate of drug-likeness (QED) is 0.0473. The van der Waals surface area contributed by atoms with Crippen LogP contribution in [0, 0.1) is 17.8 Å². The fourth-order valence-electron chi connectivity index (χ4n) is 10.2. The van der Waals surface area contributed by atoms with Crippen molar-refractivity contribution in [2.24, 2.45) is 17.8 Å². The van der Waals surface area contributed by atoms with Gasteiger partial charge in [-0.05, 0) is 88.2 Å². The number of hydrogen-bond donors (Lipinski definition) is 4. The summed E-state index contributed by atoms with van der Waals surface area (Å²) < 4.78 is 22.5. The molecule has 6 amide bonds. The van der Waals surface area contributed by atoms with Gasteiger partial charge in [-0.15, -0.1) is 28.6 Å². The van der Waals surface area contributed by atoms with Crippen molar-refractivity contribution in [3.8, 4) is 5.75 Å². The summed E-state index contributed by atoms with van der Waals surface area (Å²) in [5.74, 6) is -3.26. The Kier molecular flexibility index (Phi) is 25.2. The van der Waals surface area contributed by atoms with E-state index < -0.39 is 70.2 Å². The number of hydrogen-bond acceptors (Lipinski definition) is 18. The number of epoxide rings is 1. The van der Waals surface area contributed by atoms with E-state index in [2.05, 4.69) is 24.5 Å². The normalized spacial score (nSPS) is 27.0. The van der Waals surface area contributed by atoms with Gasteiger partial charge >= 0.3 is 18.0 Å². The first-order chi connectivity index (χ1) is 37.3. The highest BCUT2D eigenvalue weighted by Gasteiger charge is 2.58. The lowest BCUT2D eigenvalue weighted by Crippen LogP contribution is -2.63. The zero-order chi connectivity index (χ0) is 59.1. The molecule has 0 bridgehead atoms. The number of methoxy groups -OCH3 is 2. The molecule has 1 aromatic carbocycles. The van der Waals surface area contributed by atoms with Crippen molar-refractivity contribution in [2.75, 3.05) is 45.9 Å². The number of anilines is 1. The first-order valence-corrected chi connectivity index (χ1v) is 28.9. The number of imide groups is 2.